The molecule has 0 fully saturated rings. The Morgan fingerprint density at radius 2 is 1.90 bits per heavy atom. The van der Waals surface area contributed by atoms with Crippen LogP contribution in [-0.2, 0) is 0 Å². The van der Waals surface area contributed by atoms with Crippen molar-refractivity contribution in [1.29, 1.82) is 0 Å². The normalized spacial score (nSPS) is 18.7. The third-order valence-corrected chi connectivity index (χ3v) is 1.89. The molecule has 0 aromatic heterocycles. The van der Waals surface area contributed by atoms with Crippen molar-refractivity contribution in [2.24, 2.45) is 0 Å². The standard InChI is InChI=1S/C9H13N/c1-6-5-7(2)10-9(4)8(6)3/h5,10H,2H2,1,3-4H3. The summed E-state index contributed by atoms with van der Waals surface area (Å²) in [7, 11) is 0. The average Bonchev–Trinajstić information content (AvgIpc) is 1.82. The minimum absolute atomic E-state index is 0.987. The van der Waals surface area contributed by atoms with Crippen LogP contribution in [0.25, 0.3) is 0 Å². The summed E-state index contributed by atoms with van der Waals surface area (Å²) in [5, 5.41) is 3.17. The van der Waals surface area contributed by atoms with E-state index in [1.807, 2.05) is 0 Å². The molecule has 10 heavy (non-hydrogen) atoms. The van der Waals surface area contributed by atoms with Gasteiger partial charge in [0, 0.05) is 11.4 Å². The highest BCUT2D eigenvalue weighted by atomic mass is 14.9. The lowest BCUT2D eigenvalue weighted by Gasteiger charge is -2.17. The molecule has 0 spiro atoms. The Hall–Kier alpha value is -0.980. The molecule has 0 saturated heterocycles. The number of rotatable bonds is 0. The summed E-state index contributed by atoms with van der Waals surface area (Å²) in [6.45, 7) is 10.1. The first-order valence-corrected chi connectivity index (χ1v) is 3.43. The Morgan fingerprint density at radius 3 is 2.40 bits per heavy atom. The van der Waals surface area contributed by atoms with Crippen LogP contribution in [0.5, 0.6) is 0 Å². The average molecular weight is 135 g/mol. The lowest BCUT2D eigenvalue weighted by atomic mass is 10.0. The summed E-state index contributed by atoms with van der Waals surface area (Å²) in [4.78, 5) is 0. The molecular formula is C9H13N. The van der Waals surface area contributed by atoms with E-state index in [9.17, 15) is 0 Å². The van der Waals surface area contributed by atoms with E-state index in [1.165, 1.54) is 16.8 Å². The summed E-state index contributed by atoms with van der Waals surface area (Å²) in [5.41, 5.74) is 4.83. The predicted molar refractivity (Wildman–Crippen MR) is 44.4 cm³/mol. The minimum Gasteiger partial charge on any atom is -0.359 e. The zero-order valence-electron chi connectivity index (χ0n) is 6.78. The smallest absolute Gasteiger partial charge is 0.0311 e. The molecule has 0 saturated carbocycles. The SMILES string of the molecule is C=C1C=C(C)C(C)=C(C)N1. The second-order valence-electron chi connectivity index (χ2n) is 2.73. The van der Waals surface area contributed by atoms with Gasteiger partial charge < -0.3 is 5.32 Å². The van der Waals surface area contributed by atoms with Gasteiger partial charge in [-0.15, -0.1) is 0 Å². The van der Waals surface area contributed by atoms with E-state index in [-0.39, 0.29) is 0 Å². The van der Waals surface area contributed by atoms with Crippen LogP contribution in [0.15, 0.2) is 35.2 Å². The Balaban J connectivity index is 3.01. The number of allylic oxidation sites excluding steroid dienone is 4. The van der Waals surface area contributed by atoms with Crippen LogP contribution in [0.1, 0.15) is 20.8 Å². The van der Waals surface area contributed by atoms with Crippen LogP contribution in [0, 0.1) is 0 Å². The van der Waals surface area contributed by atoms with E-state index >= 15 is 0 Å². The van der Waals surface area contributed by atoms with Gasteiger partial charge in [-0.25, -0.2) is 0 Å². The van der Waals surface area contributed by atoms with Crippen molar-refractivity contribution < 1.29 is 0 Å². The Labute approximate surface area is 62.1 Å². The van der Waals surface area contributed by atoms with Gasteiger partial charge in [-0.05, 0) is 38.0 Å². The molecule has 0 bridgehead atoms. The number of hydrogen-bond donors (Lipinski definition) is 1. The van der Waals surface area contributed by atoms with Crippen molar-refractivity contribution in [2.75, 3.05) is 0 Å². The highest BCUT2D eigenvalue weighted by Crippen LogP contribution is 2.18. The molecule has 1 aliphatic rings. The maximum atomic E-state index is 3.83. The van der Waals surface area contributed by atoms with Crippen molar-refractivity contribution in [1.82, 2.24) is 5.32 Å². The highest BCUT2D eigenvalue weighted by Gasteiger charge is 2.05. The summed E-state index contributed by atoms with van der Waals surface area (Å²) in [6.07, 6.45) is 2.06. The summed E-state index contributed by atoms with van der Waals surface area (Å²) >= 11 is 0. The van der Waals surface area contributed by atoms with Crippen molar-refractivity contribution in [2.45, 2.75) is 20.8 Å². The highest BCUT2D eigenvalue weighted by molar-refractivity contribution is 5.41. The van der Waals surface area contributed by atoms with Gasteiger partial charge in [0.25, 0.3) is 0 Å². The lowest BCUT2D eigenvalue weighted by molar-refractivity contribution is 0.949. The van der Waals surface area contributed by atoms with Crippen LogP contribution in [0.4, 0.5) is 0 Å². The molecule has 0 aromatic carbocycles. The van der Waals surface area contributed by atoms with Crippen LogP contribution >= 0.6 is 0 Å². The van der Waals surface area contributed by atoms with Gasteiger partial charge >= 0.3 is 0 Å². The fourth-order valence-corrected chi connectivity index (χ4v) is 1.04. The summed E-state index contributed by atoms with van der Waals surface area (Å²) in [6, 6.07) is 0. The molecule has 0 radical (unpaired) electrons. The summed E-state index contributed by atoms with van der Waals surface area (Å²) in [5.74, 6) is 0. The second kappa shape index (κ2) is 2.33. The number of nitrogens with one attached hydrogen (secondary N) is 1. The van der Waals surface area contributed by atoms with Crippen LogP contribution in [0.3, 0.4) is 0 Å². The van der Waals surface area contributed by atoms with Gasteiger partial charge in [0.05, 0.1) is 0 Å². The van der Waals surface area contributed by atoms with E-state index in [0.717, 1.165) is 5.70 Å². The fraction of sp³-hybridized carbons (Fsp3) is 0.333. The van der Waals surface area contributed by atoms with Crippen molar-refractivity contribution in [3.63, 3.8) is 0 Å². The fourth-order valence-electron chi connectivity index (χ4n) is 1.04. The second-order valence-corrected chi connectivity index (χ2v) is 2.73. The molecule has 1 heteroatoms. The molecule has 0 amide bonds. The van der Waals surface area contributed by atoms with Gasteiger partial charge in [0.2, 0.25) is 0 Å². The van der Waals surface area contributed by atoms with E-state index in [0.29, 0.717) is 0 Å². The molecule has 1 aliphatic heterocycles. The Morgan fingerprint density at radius 1 is 1.30 bits per heavy atom. The van der Waals surface area contributed by atoms with Crippen LogP contribution in [0.2, 0.25) is 0 Å². The molecule has 0 aliphatic carbocycles. The predicted octanol–water partition coefficient (Wildman–Crippen LogP) is 2.34. The monoisotopic (exact) mass is 135 g/mol. The molecule has 1 heterocycles. The molecule has 0 unspecified atom stereocenters. The van der Waals surface area contributed by atoms with E-state index in [4.69, 9.17) is 0 Å². The third kappa shape index (κ3) is 1.13. The topological polar surface area (TPSA) is 12.0 Å². The molecule has 0 atom stereocenters. The Kier molecular flexibility index (Phi) is 1.66. The van der Waals surface area contributed by atoms with Crippen molar-refractivity contribution in [3.05, 3.63) is 35.2 Å². The van der Waals surface area contributed by atoms with Gasteiger partial charge in [-0.1, -0.05) is 6.58 Å². The quantitative estimate of drug-likeness (QED) is 0.537. The number of dihydropyridines is 1. The summed E-state index contributed by atoms with van der Waals surface area (Å²) < 4.78 is 0. The molecule has 1 nitrogen and oxygen atoms in total. The third-order valence-electron chi connectivity index (χ3n) is 1.89. The van der Waals surface area contributed by atoms with Gasteiger partial charge in [0.15, 0.2) is 0 Å². The maximum absolute atomic E-state index is 3.83. The molecule has 54 valence electrons. The first-order valence-electron chi connectivity index (χ1n) is 3.43. The van der Waals surface area contributed by atoms with Gasteiger partial charge in [-0.2, -0.15) is 0 Å². The zero-order valence-corrected chi connectivity index (χ0v) is 6.78. The first kappa shape index (κ1) is 7.13. The molecule has 1 N–H and O–H groups in total. The lowest BCUT2D eigenvalue weighted by Crippen LogP contribution is -2.14. The Bertz CT molecular complexity index is 226. The van der Waals surface area contributed by atoms with E-state index in [1.54, 1.807) is 0 Å². The van der Waals surface area contributed by atoms with Crippen molar-refractivity contribution in [3.8, 4) is 0 Å². The van der Waals surface area contributed by atoms with Gasteiger partial charge in [0.1, 0.15) is 0 Å². The molecular weight excluding hydrogens is 122 g/mol. The van der Waals surface area contributed by atoms with Gasteiger partial charge in [-0.3, -0.25) is 0 Å². The first-order chi connectivity index (χ1) is 4.61. The maximum Gasteiger partial charge on any atom is 0.0311 e. The molecule has 1 rings (SSSR count). The minimum atomic E-state index is 0.987. The van der Waals surface area contributed by atoms with E-state index in [2.05, 4.69) is 38.7 Å². The van der Waals surface area contributed by atoms with Crippen LogP contribution in [-0.4, -0.2) is 0 Å². The molecule has 0 aromatic rings. The largest absolute Gasteiger partial charge is 0.359 e. The van der Waals surface area contributed by atoms with E-state index < -0.39 is 0 Å². The number of hydrogen-bond acceptors (Lipinski definition) is 1. The zero-order chi connectivity index (χ0) is 7.72. The van der Waals surface area contributed by atoms with Crippen LogP contribution < -0.4 is 5.32 Å². The van der Waals surface area contributed by atoms with Crippen molar-refractivity contribution >= 4 is 0 Å².